The second-order valence-corrected chi connectivity index (χ2v) is 5.03. The average Bonchev–Trinajstić information content (AvgIpc) is 2.45. The van der Waals surface area contributed by atoms with E-state index in [0.29, 0.717) is 6.04 Å². The number of hydrogen-bond acceptors (Lipinski definition) is 3. The molecule has 1 amide bonds. The Morgan fingerprint density at radius 2 is 2.15 bits per heavy atom. The number of carbonyl (C=O) groups is 2. The minimum absolute atomic E-state index is 0.211. The number of nitrogens with zero attached hydrogens (tertiary/aromatic N) is 1. The molecule has 108 valence electrons. The van der Waals surface area contributed by atoms with Crippen molar-refractivity contribution >= 4 is 17.6 Å². The van der Waals surface area contributed by atoms with E-state index in [-0.39, 0.29) is 19.0 Å². The number of aliphatic carboxylic acids is 1. The number of aryl methyl sites for hydroxylation is 1. The fourth-order valence-electron chi connectivity index (χ4n) is 2.70. The molecule has 1 aromatic rings. The number of amides is 1. The SMILES string of the molecule is CCC1CCc2ccccc2N1CC(=O)NCC(=O)O. The highest BCUT2D eigenvalue weighted by Gasteiger charge is 2.26. The number of carboxylic acid groups (broad SMARTS) is 1. The van der Waals surface area contributed by atoms with Gasteiger partial charge in [-0.2, -0.15) is 0 Å². The molecule has 1 unspecified atom stereocenters. The first-order valence-corrected chi connectivity index (χ1v) is 6.95. The predicted octanol–water partition coefficient (Wildman–Crippen LogP) is 1.42. The number of anilines is 1. The van der Waals surface area contributed by atoms with Crippen LogP contribution < -0.4 is 10.2 Å². The van der Waals surface area contributed by atoms with E-state index in [1.54, 1.807) is 0 Å². The van der Waals surface area contributed by atoms with E-state index in [1.807, 2.05) is 18.2 Å². The lowest BCUT2D eigenvalue weighted by Gasteiger charge is -2.38. The van der Waals surface area contributed by atoms with Crippen molar-refractivity contribution in [2.45, 2.75) is 32.2 Å². The van der Waals surface area contributed by atoms with Gasteiger partial charge in [-0.05, 0) is 30.9 Å². The van der Waals surface area contributed by atoms with Crippen molar-refractivity contribution in [1.29, 1.82) is 0 Å². The molecule has 0 aliphatic carbocycles. The molecule has 1 atom stereocenters. The maximum absolute atomic E-state index is 11.9. The Hall–Kier alpha value is -2.04. The molecule has 0 saturated heterocycles. The Kier molecular flexibility index (Phi) is 4.61. The van der Waals surface area contributed by atoms with Gasteiger partial charge >= 0.3 is 5.97 Å². The van der Waals surface area contributed by atoms with Crippen LogP contribution in [0.4, 0.5) is 5.69 Å². The molecular weight excluding hydrogens is 256 g/mol. The largest absolute Gasteiger partial charge is 0.480 e. The summed E-state index contributed by atoms with van der Waals surface area (Å²) >= 11 is 0. The fourth-order valence-corrected chi connectivity index (χ4v) is 2.70. The highest BCUT2D eigenvalue weighted by Crippen LogP contribution is 2.31. The van der Waals surface area contributed by atoms with Gasteiger partial charge in [-0.3, -0.25) is 9.59 Å². The molecule has 2 rings (SSSR count). The molecule has 0 spiro atoms. The van der Waals surface area contributed by atoms with Gasteiger partial charge in [-0.15, -0.1) is 0 Å². The molecule has 20 heavy (non-hydrogen) atoms. The smallest absolute Gasteiger partial charge is 0.322 e. The van der Waals surface area contributed by atoms with Crippen LogP contribution in [0.3, 0.4) is 0 Å². The number of carbonyl (C=O) groups excluding carboxylic acids is 1. The van der Waals surface area contributed by atoms with Crippen molar-refractivity contribution in [2.24, 2.45) is 0 Å². The number of rotatable bonds is 5. The number of para-hydroxylation sites is 1. The zero-order valence-corrected chi connectivity index (χ0v) is 11.6. The van der Waals surface area contributed by atoms with Crippen molar-refractivity contribution in [3.05, 3.63) is 29.8 Å². The second-order valence-electron chi connectivity index (χ2n) is 5.03. The van der Waals surface area contributed by atoms with Crippen molar-refractivity contribution in [2.75, 3.05) is 18.0 Å². The van der Waals surface area contributed by atoms with Crippen LogP contribution >= 0.6 is 0 Å². The first-order valence-electron chi connectivity index (χ1n) is 6.95. The van der Waals surface area contributed by atoms with E-state index >= 15 is 0 Å². The van der Waals surface area contributed by atoms with Crippen LogP contribution in [0.1, 0.15) is 25.3 Å². The Balaban J connectivity index is 2.11. The van der Waals surface area contributed by atoms with Crippen LogP contribution in [-0.4, -0.2) is 36.1 Å². The normalized spacial score (nSPS) is 17.4. The number of fused-ring (bicyclic) bond motifs is 1. The van der Waals surface area contributed by atoms with Gasteiger partial charge in [0.1, 0.15) is 6.54 Å². The summed E-state index contributed by atoms with van der Waals surface area (Å²) in [5, 5.41) is 11.0. The summed E-state index contributed by atoms with van der Waals surface area (Å²) in [5.41, 5.74) is 2.35. The Labute approximate surface area is 118 Å². The summed E-state index contributed by atoms with van der Waals surface area (Å²) in [5.74, 6) is -1.27. The van der Waals surface area contributed by atoms with E-state index in [0.717, 1.165) is 24.9 Å². The average molecular weight is 276 g/mol. The van der Waals surface area contributed by atoms with Crippen LogP contribution in [0.25, 0.3) is 0 Å². The topological polar surface area (TPSA) is 69.6 Å². The highest BCUT2D eigenvalue weighted by molar-refractivity contribution is 5.85. The molecule has 0 fully saturated rings. The number of hydrogen-bond donors (Lipinski definition) is 2. The molecule has 0 radical (unpaired) electrons. The molecule has 5 nitrogen and oxygen atoms in total. The van der Waals surface area contributed by atoms with Gasteiger partial charge in [0, 0.05) is 11.7 Å². The lowest BCUT2D eigenvalue weighted by atomic mass is 9.94. The van der Waals surface area contributed by atoms with Gasteiger partial charge in [-0.25, -0.2) is 0 Å². The van der Waals surface area contributed by atoms with Crippen LogP contribution in [0.5, 0.6) is 0 Å². The molecule has 1 aliphatic heterocycles. The van der Waals surface area contributed by atoms with Crippen molar-refractivity contribution < 1.29 is 14.7 Å². The molecule has 1 aromatic carbocycles. The van der Waals surface area contributed by atoms with Gasteiger partial charge in [-0.1, -0.05) is 25.1 Å². The van der Waals surface area contributed by atoms with Crippen LogP contribution in [0.15, 0.2) is 24.3 Å². The van der Waals surface area contributed by atoms with Gasteiger partial charge in [0.05, 0.1) is 6.54 Å². The summed E-state index contributed by atoms with van der Waals surface area (Å²) < 4.78 is 0. The minimum Gasteiger partial charge on any atom is -0.480 e. The van der Waals surface area contributed by atoms with Crippen LogP contribution in [-0.2, 0) is 16.0 Å². The van der Waals surface area contributed by atoms with Crippen LogP contribution in [0.2, 0.25) is 0 Å². The summed E-state index contributed by atoms with van der Waals surface area (Å²) in [6.07, 6.45) is 3.03. The predicted molar refractivity (Wildman–Crippen MR) is 76.8 cm³/mol. The lowest BCUT2D eigenvalue weighted by Crippen LogP contribution is -2.46. The second kappa shape index (κ2) is 6.41. The molecule has 2 N–H and O–H groups in total. The fraction of sp³-hybridized carbons (Fsp3) is 0.467. The first kappa shape index (κ1) is 14.4. The molecule has 5 heteroatoms. The first-order chi connectivity index (χ1) is 9.61. The maximum atomic E-state index is 11.9. The Morgan fingerprint density at radius 1 is 1.40 bits per heavy atom. The van der Waals surface area contributed by atoms with Gasteiger partial charge in [0.2, 0.25) is 5.91 Å². The summed E-state index contributed by atoms with van der Waals surface area (Å²) in [7, 11) is 0. The molecule has 1 heterocycles. The number of carboxylic acids is 1. The van der Waals surface area contributed by atoms with Gasteiger partial charge in [0.15, 0.2) is 0 Å². The van der Waals surface area contributed by atoms with Gasteiger partial charge < -0.3 is 15.3 Å². The van der Waals surface area contributed by atoms with E-state index in [1.165, 1.54) is 5.56 Å². The molecule has 0 saturated carbocycles. The summed E-state index contributed by atoms with van der Waals surface area (Å²) in [4.78, 5) is 24.5. The Bertz CT molecular complexity index is 502. The van der Waals surface area contributed by atoms with E-state index in [4.69, 9.17) is 5.11 Å². The van der Waals surface area contributed by atoms with Crippen molar-refractivity contribution in [1.82, 2.24) is 5.32 Å². The third-order valence-electron chi connectivity index (χ3n) is 3.71. The Morgan fingerprint density at radius 3 is 2.85 bits per heavy atom. The molecule has 0 bridgehead atoms. The molecule has 1 aliphatic rings. The number of benzene rings is 1. The lowest BCUT2D eigenvalue weighted by molar-refractivity contribution is -0.137. The van der Waals surface area contributed by atoms with E-state index in [2.05, 4.69) is 23.2 Å². The van der Waals surface area contributed by atoms with Gasteiger partial charge in [0.25, 0.3) is 0 Å². The third kappa shape index (κ3) is 3.29. The van der Waals surface area contributed by atoms with E-state index in [9.17, 15) is 9.59 Å². The highest BCUT2D eigenvalue weighted by atomic mass is 16.4. The zero-order valence-electron chi connectivity index (χ0n) is 11.6. The summed E-state index contributed by atoms with van der Waals surface area (Å²) in [6, 6.07) is 8.43. The third-order valence-corrected chi connectivity index (χ3v) is 3.71. The van der Waals surface area contributed by atoms with Crippen LogP contribution in [0, 0.1) is 0 Å². The molecule has 0 aromatic heterocycles. The molecular formula is C15H20N2O3. The van der Waals surface area contributed by atoms with Crippen molar-refractivity contribution in [3.63, 3.8) is 0 Å². The number of nitrogens with one attached hydrogen (secondary N) is 1. The zero-order chi connectivity index (χ0) is 14.5. The standard InChI is InChI=1S/C15H20N2O3/c1-2-12-8-7-11-5-3-4-6-13(11)17(12)10-14(18)16-9-15(19)20/h3-6,12H,2,7-10H2,1H3,(H,16,18)(H,19,20). The summed E-state index contributed by atoms with van der Waals surface area (Å²) in [6.45, 7) is 1.99. The van der Waals surface area contributed by atoms with E-state index < -0.39 is 5.97 Å². The quantitative estimate of drug-likeness (QED) is 0.853. The van der Waals surface area contributed by atoms with Crippen molar-refractivity contribution in [3.8, 4) is 0 Å². The minimum atomic E-state index is -1.02. The maximum Gasteiger partial charge on any atom is 0.322 e. The monoisotopic (exact) mass is 276 g/mol.